The van der Waals surface area contributed by atoms with Crippen LogP contribution >= 0.6 is 34.7 Å². The minimum absolute atomic E-state index is 0.240. The van der Waals surface area contributed by atoms with E-state index in [1.807, 2.05) is 30.3 Å². The van der Waals surface area contributed by atoms with Crippen LogP contribution in [0, 0.1) is 11.3 Å². The monoisotopic (exact) mass is 559 g/mol. The molecule has 194 valence electrons. The van der Waals surface area contributed by atoms with Crippen molar-refractivity contribution in [2.45, 2.75) is 29.1 Å². The summed E-state index contributed by atoms with van der Waals surface area (Å²) in [5.74, 6) is 6.52. The molecular formula is C24H26ClN7O3S2. The largest absolute Gasteiger partial charge is 0.396 e. The fourth-order valence-corrected chi connectivity index (χ4v) is 5.58. The second-order valence-electron chi connectivity index (χ2n) is 7.98. The number of hydrogen-bond donors (Lipinski definition) is 3. The average Bonchev–Trinajstić information content (AvgIpc) is 3.32. The predicted octanol–water partition coefficient (Wildman–Crippen LogP) is 3.20. The fraction of sp³-hybridized carbons (Fsp3) is 0.292. The van der Waals surface area contributed by atoms with E-state index in [9.17, 15) is 5.26 Å². The first kappa shape index (κ1) is 27.2. The molecule has 3 heterocycles. The molecule has 10 nitrogen and oxygen atoms in total. The summed E-state index contributed by atoms with van der Waals surface area (Å²) in [7, 11) is 0. The smallest absolute Gasteiger partial charge is 0.180 e. The minimum Gasteiger partial charge on any atom is -0.396 e. The first-order valence-electron chi connectivity index (χ1n) is 11.2. The highest BCUT2D eigenvalue weighted by Crippen LogP contribution is 2.34. The number of nitrogens with zero attached hydrogens (tertiary/aromatic N) is 4. The molecule has 1 saturated heterocycles. The van der Waals surface area contributed by atoms with E-state index in [4.69, 9.17) is 43.1 Å². The van der Waals surface area contributed by atoms with Crippen molar-refractivity contribution in [3.63, 3.8) is 0 Å². The van der Waals surface area contributed by atoms with Crippen molar-refractivity contribution in [2.24, 2.45) is 11.6 Å². The number of hydrogen-bond acceptors (Lipinski definition) is 12. The van der Waals surface area contributed by atoms with Crippen LogP contribution in [0.2, 0.25) is 5.02 Å². The van der Waals surface area contributed by atoms with Gasteiger partial charge < -0.3 is 30.7 Å². The van der Waals surface area contributed by atoms with Crippen LogP contribution in [0.25, 0.3) is 5.70 Å². The van der Waals surface area contributed by atoms with Gasteiger partial charge in [0.2, 0.25) is 0 Å². The van der Waals surface area contributed by atoms with E-state index in [1.165, 1.54) is 34.3 Å². The molecule has 3 atom stereocenters. The van der Waals surface area contributed by atoms with Crippen molar-refractivity contribution in [3.8, 4) is 6.07 Å². The number of benzene rings is 1. The number of nitrogens with two attached hydrogens (primary N) is 3. The highest BCUT2D eigenvalue weighted by molar-refractivity contribution is 7.99. The molecule has 13 heteroatoms. The Morgan fingerprint density at radius 1 is 1.35 bits per heavy atom. The second kappa shape index (κ2) is 13.1. The van der Waals surface area contributed by atoms with E-state index in [0.717, 1.165) is 5.56 Å². The highest BCUT2D eigenvalue weighted by Gasteiger charge is 2.37. The Morgan fingerprint density at radius 3 is 2.89 bits per heavy atom. The number of anilines is 1. The minimum atomic E-state index is -0.606. The van der Waals surface area contributed by atoms with Crippen LogP contribution in [0.4, 0.5) is 5.13 Å². The Bertz CT molecular complexity index is 1250. The van der Waals surface area contributed by atoms with Gasteiger partial charge in [0.25, 0.3) is 0 Å². The molecule has 6 N–H and O–H groups in total. The van der Waals surface area contributed by atoms with Crippen LogP contribution < -0.4 is 17.3 Å². The van der Waals surface area contributed by atoms with Crippen LogP contribution in [0.15, 0.2) is 59.1 Å². The Balaban J connectivity index is 1.65. The van der Waals surface area contributed by atoms with Gasteiger partial charge in [-0.1, -0.05) is 53.7 Å². The lowest BCUT2D eigenvalue weighted by Gasteiger charge is -2.38. The summed E-state index contributed by atoms with van der Waals surface area (Å²) in [6.45, 7) is 1.23. The number of thiazole rings is 1. The lowest BCUT2D eigenvalue weighted by Crippen LogP contribution is -2.54. The van der Waals surface area contributed by atoms with Crippen molar-refractivity contribution in [2.75, 3.05) is 25.6 Å². The standard InChI is InChI=1S/C24H26ClN7O3S2/c25-16-8-21(18(9-26)30-10-16)37-23-22(35-12-15-4-2-1-3-5-15)20(13-33-6-7-34-23)32(29)11-17(27)19-14-36-24(28)31-19/h1-5,8,10-11,14,20,22-23H,6-7,12-13,27,29H2,(H2,28,31)/b17-11-/t20-,22?,23?/m1/s1. The lowest BCUT2D eigenvalue weighted by molar-refractivity contribution is -0.120. The van der Waals surface area contributed by atoms with Crippen molar-refractivity contribution in [3.05, 3.63) is 76.1 Å². The zero-order chi connectivity index (χ0) is 26.2. The molecule has 2 unspecified atom stereocenters. The summed E-state index contributed by atoms with van der Waals surface area (Å²) >= 11 is 8.77. The summed E-state index contributed by atoms with van der Waals surface area (Å²) < 4.78 is 18.4. The van der Waals surface area contributed by atoms with Crippen molar-refractivity contribution in [1.82, 2.24) is 15.0 Å². The third kappa shape index (κ3) is 7.33. The molecule has 0 radical (unpaired) electrons. The topological polar surface area (TPSA) is 159 Å². The number of nitrogen functional groups attached to an aromatic ring is 1. The fourth-order valence-electron chi connectivity index (χ4n) is 3.57. The molecule has 0 amide bonds. The van der Waals surface area contributed by atoms with Crippen LogP contribution in [-0.2, 0) is 20.8 Å². The molecule has 3 aromatic rings. The number of rotatable bonds is 8. The SMILES string of the molecule is N#Cc1ncc(Cl)cc1SC1OCCOC[C@@H](N(N)/C=C(\N)c2csc(N)n2)C1OCc1ccccc1. The van der Waals surface area contributed by atoms with Gasteiger partial charge in [0.05, 0.1) is 43.2 Å². The molecular weight excluding hydrogens is 534 g/mol. The van der Waals surface area contributed by atoms with Crippen molar-refractivity contribution < 1.29 is 14.2 Å². The number of hydrazine groups is 1. The van der Waals surface area contributed by atoms with Crippen molar-refractivity contribution in [1.29, 1.82) is 5.26 Å². The van der Waals surface area contributed by atoms with Gasteiger partial charge in [0.15, 0.2) is 10.8 Å². The number of aromatic nitrogens is 2. The number of thioether (sulfide) groups is 1. The Labute approximate surface area is 227 Å². The first-order chi connectivity index (χ1) is 17.9. The summed E-state index contributed by atoms with van der Waals surface area (Å²) in [5, 5.41) is 13.6. The van der Waals surface area contributed by atoms with E-state index >= 15 is 0 Å². The van der Waals surface area contributed by atoms with Crippen LogP contribution in [0.3, 0.4) is 0 Å². The van der Waals surface area contributed by atoms with Gasteiger partial charge in [0.1, 0.15) is 23.3 Å². The number of halogens is 1. The van der Waals surface area contributed by atoms with Crippen LogP contribution in [0.1, 0.15) is 17.0 Å². The molecule has 0 bridgehead atoms. The van der Waals surface area contributed by atoms with E-state index in [2.05, 4.69) is 16.0 Å². The average molecular weight is 560 g/mol. The molecule has 37 heavy (non-hydrogen) atoms. The van der Waals surface area contributed by atoms with Crippen LogP contribution in [-0.4, -0.2) is 52.4 Å². The highest BCUT2D eigenvalue weighted by atomic mass is 35.5. The quantitative estimate of drug-likeness (QED) is 0.275. The van der Waals surface area contributed by atoms with E-state index in [1.54, 1.807) is 17.6 Å². The first-order valence-corrected chi connectivity index (χ1v) is 13.4. The summed E-state index contributed by atoms with van der Waals surface area (Å²) in [4.78, 5) is 8.93. The Kier molecular flexibility index (Phi) is 9.59. The number of ether oxygens (including phenoxy) is 3. The van der Waals surface area contributed by atoms with Gasteiger partial charge in [-0.2, -0.15) is 5.26 Å². The lowest BCUT2D eigenvalue weighted by atomic mass is 10.1. The molecule has 1 fully saturated rings. The zero-order valence-corrected chi connectivity index (χ0v) is 22.1. The molecule has 1 aliphatic rings. The zero-order valence-electron chi connectivity index (χ0n) is 19.7. The summed E-state index contributed by atoms with van der Waals surface area (Å²) in [5.41, 5.74) is 13.5. The normalized spacial score (nSPS) is 20.6. The summed E-state index contributed by atoms with van der Waals surface area (Å²) in [6.07, 6.45) is 2.40. The van der Waals surface area contributed by atoms with Gasteiger partial charge in [-0.25, -0.2) is 15.8 Å². The number of nitriles is 1. The number of pyridine rings is 1. The Morgan fingerprint density at radius 2 is 2.16 bits per heavy atom. The molecule has 2 aromatic heterocycles. The molecule has 0 spiro atoms. The van der Waals surface area contributed by atoms with Gasteiger partial charge in [-0.05, 0) is 11.6 Å². The van der Waals surface area contributed by atoms with E-state index in [0.29, 0.717) is 46.3 Å². The van der Waals surface area contributed by atoms with Gasteiger partial charge in [-0.15, -0.1) is 11.3 Å². The van der Waals surface area contributed by atoms with Crippen molar-refractivity contribution >= 4 is 45.5 Å². The van der Waals surface area contributed by atoms with E-state index in [-0.39, 0.29) is 12.3 Å². The molecule has 1 aromatic carbocycles. The Hall–Kier alpha value is -2.89. The maximum absolute atomic E-state index is 9.58. The second-order valence-corrected chi connectivity index (χ2v) is 10.4. The molecule has 0 aliphatic carbocycles. The maximum atomic E-state index is 9.58. The van der Waals surface area contributed by atoms with Gasteiger partial charge in [-0.3, -0.25) is 0 Å². The van der Waals surface area contributed by atoms with E-state index < -0.39 is 17.6 Å². The molecule has 0 saturated carbocycles. The molecule has 4 rings (SSSR count). The summed E-state index contributed by atoms with van der Waals surface area (Å²) in [6, 6.07) is 13.0. The van der Waals surface area contributed by atoms with Gasteiger partial charge >= 0.3 is 0 Å². The molecule has 1 aliphatic heterocycles. The predicted molar refractivity (Wildman–Crippen MR) is 144 cm³/mol. The van der Waals surface area contributed by atoms with Gasteiger partial charge in [0, 0.05) is 22.7 Å². The maximum Gasteiger partial charge on any atom is 0.180 e. The third-order valence-electron chi connectivity index (χ3n) is 5.39. The third-order valence-corrected chi connectivity index (χ3v) is 7.47. The van der Waals surface area contributed by atoms with Crippen LogP contribution in [0.5, 0.6) is 0 Å².